The van der Waals surface area contributed by atoms with Gasteiger partial charge in [-0.2, -0.15) is 0 Å². The summed E-state index contributed by atoms with van der Waals surface area (Å²) >= 11 is 3.92. The molecule has 0 spiro atoms. The average molecular weight is 388 g/mol. The lowest BCUT2D eigenvalue weighted by Gasteiger charge is -2.20. The highest BCUT2D eigenvalue weighted by molar-refractivity contribution is 7.99. The van der Waals surface area contributed by atoms with Crippen molar-refractivity contribution in [2.75, 3.05) is 19.7 Å². The molecule has 138 valence electrons. The third kappa shape index (κ3) is 3.39. The summed E-state index contributed by atoms with van der Waals surface area (Å²) < 4.78 is 10.5. The zero-order chi connectivity index (χ0) is 17.5. The van der Waals surface area contributed by atoms with E-state index in [1.54, 1.807) is 0 Å². The first kappa shape index (κ1) is 17.0. The number of thioether (sulfide) groups is 1. The standard InChI is InChI=1S/C20H25N3OS2/c1-22-7-6-21-20(22)25-18-10-15-12-23(13-16(15)11-18)26-17-4-5-19-14(9-17)3-2-8-24-19/h4-7,9,15-16,18H,2-3,8,10-13H2,1H3/t15-,16+,18?. The summed E-state index contributed by atoms with van der Waals surface area (Å²) in [5.41, 5.74) is 1.38. The van der Waals surface area contributed by atoms with Gasteiger partial charge in [-0.3, -0.25) is 0 Å². The quantitative estimate of drug-likeness (QED) is 0.732. The van der Waals surface area contributed by atoms with E-state index >= 15 is 0 Å². The lowest BCUT2D eigenvalue weighted by Crippen LogP contribution is -2.15. The molecule has 1 saturated carbocycles. The molecule has 6 heteroatoms. The Morgan fingerprint density at radius 1 is 1.19 bits per heavy atom. The summed E-state index contributed by atoms with van der Waals surface area (Å²) in [5.74, 6) is 2.79. The molecule has 0 radical (unpaired) electrons. The van der Waals surface area contributed by atoms with Crippen molar-refractivity contribution in [2.45, 2.75) is 41.0 Å². The fourth-order valence-corrected chi connectivity index (χ4v) is 7.02. The van der Waals surface area contributed by atoms with Crippen LogP contribution >= 0.6 is 23.7 Å². The van der Waals surface area contributed by atoms with Gasteiger partial charge in [0.05, 0.1) is 6.61 Å². The molecule has 2 aliphatic heterocycles. The van der Waals surface area contributed by atoms with Gasteiger partial charge in [-0.15, -0.1) is 0 Å². The Hall–Kier alpha value is -1.11. The Balaban J connectivity index is 1.17. The molecular weight excluding hydrogens is 362 g/mol. The van der Waals surface area contributed by atoms with E-state index in [-0.39, 0.29) is 0 Å². The average Bonchev–Trinajstić information content (AvgIpc) is 3.31. The van der Waals surface area contributed by atoms with Crippen LogP contribution in [0.4, 0.5) is 0 Å². The van der Waals surface area contributed by atoms with Crippen molar-refractivity contribution < 1.29 is 4.74 Å². The van der Waals surface area contributed by atoms with Crippen molar-refractivity contribution >= 4 is 23.7 Å². The second-order valence-electron chi connectivity index (χ2n) is 7.71. The largest absolute Gasteiger partial charge is 0.493 e. The molecule has 2 fully saturated rings. The molecule has 1 aliphatic carbocycles. The first-order valence-corrected chi connectivity index (χ1v) is 11.2. The molecule has 0 N–H and O–H groups in total. The fraction of sp³-hybridized carbons (Fsp3) is 0.550. The molecule has 2 aromatic rings. The number of aromatic nitrogens is 2. The van der Waals surface area contributed by atoms with Crippen molar-refractivity contribution in [3.63, 3.8) is 0 Å². The Morgan fingerprint density at radius 3 is 2.81 bits per heavy atom. The van der Waals surface area contributed by atoms with Gasteiger partial charge in [-0.05, 0) is 73.2 Å². The van der Waals surface area contributed by atoms with Gasteiger partial charge in [0.15, 0.2) is 5.16 Å². The van der Waals surface area contributed by atoms with E-state index in [1.807, 2.05) is 36.1 Å². The Kier molecular flexibility index (Phi) is 4.67. The maximum Gasteiger partial charge on any atom is 0.167 e. The van der Waals surface area contributed by atoms with Gasteiger partial charge >= 0.3 is 0 Å². The van der Waals surface area contributed by atoms with Gasteiger partial charge in [-0.1, -0.05) is 11.8 Å². The van der Waals surface area contributed by atoms with Gasteiger partial charge < -0.3 is 9.30 Å². The molecule has 0 amide bonds. The minimum atomic E-state index is 0.735. The van der Waals surface area contributed by atoms with Crippen LogP contribution in [-0.4, -0.2) is 38.8 Å². The van der Waals surface area contributed by atoms with Gasteiger partial charge in [0, 0.05) is 42.7 Å². The van der Waals surface area contributed by atoms with Crippen molar-refractivity contribution in [3.8, 4) is 5.75 Å². The number of aryl methyl sites for hydroxylation is 2. The van der Waals surface area contributed by atoms with Crippen LogP contribution in [-0.2, 0) is 13.5 Å². The molecule has 5 rings (SSSR count). The number of fused-ring (bicyclic) bond motifs is 2. The molecule has 26 heavy (non-hydrogen) atoms. The molecule has 3 heterocycles. The summed E-state index contributed by atoms with van der Waals surface area (Å²) in [6.07, 6.45) is 8.90. The second kappa shape index (κ2) is 7.13. The second-order valence-corrected chi connectivity index (χ2v) is 10.1. The summed E-state index contributed by atoms with van der Waals surface area (Å²) in [6.45, 7) is 3.31. The number of hydrogen-bond donors (Lipinski definition) is 0. The van der Waals surface area contributed by atoms with Gasteiger partial charge in [0.25, 0.3) is 0 Å². The van der Waals surface area contributed by atoms with Crippen LogP contribution in [0.5, 0.6) is 5.75 Å². The molecule has 3 atom stereocenters. The van der Waals surface area contributed by atoms with E-state index in [0.29, 0.717) is 0 Å². The summed E-state index contributed by atoms with van der Waals surface area (Å²) in [4.78, 5) is 5.85. The molecule has 1 aromatic heterocycles. The fourth-order valence-electron chi connectivity index (χ4n) is 4.53. The van der Waals surface area contributed by atoms with E-state index in [1.165, 1.54) is 36.4 Å². The minimum absolute atomic E-state index is 0.735. The Morgan fingerprint density at radius 2 is 2.04 bits per heavy atom. The molecule has 0 bridgehead atoms. The molecule has 1 unspecified atom stereocenters. The number of benzene rings is 1. The highest BCUT2D eigenvalue weighted by Gasteiger charge is 2.41. The number of imidazole rings is 1. The summed E-state index contributed by atoms with van der Waals surface area (Å²) in [7, 11) is 2.09. The van der Waals surface area contributed by atoms with Gasteiger partial charge in [-0.25, -0.2) is 9.29 Å². The van der Waals surface area contributed by atoms with Crippen LogP contribution < -0.4 is 4.74 Å². The predicted molar refractivity (Wildman–Crippen MR) is 107 cm³/mol. The van der Waals surface area contributed by atoms with Gasteiger partial charge in [0.1, 0.15) is 5.75 Å². The normalized spacial score (nSPS) is 28.0. The van der Waals surface area contributed by atoms with Crippen LogP contribution in [0.25, 0.3) is 0 Å². The van der Waals surface area contributed by atoms with E-state index < -0.39 is 0 Å². The third-order valence-electron chi connectivity index (χ3n) is 5.84. The van der Waals surface area contributed by atoms with E-state index in [9.17, 15) is 0 Å². The molecule has 4 nitrogen and oxygen atoms in total. The third-order valence-corrected chi connectivity index (χ3v) is 8.18. The van der Waals surface area contributed by atoms with Crippen molar-refractivity contribution in [2.24, 2.45) is 18.9 Å². The highest BCUT2D eigenvalue weighted by atomic mass is 32.2. The van der Waals surface area contributed by atoms with E-state index in [4.69, 9.17) is 4.74 Å². The summed E-state index contributed by atoms with van der Waals surface area (Å²) in [6, 6.07) is 6.73. The van der Waals surface area contributed by atoms with Crippen molar-refractivity contribution in [1.82, 2.24) is 13.9 Å². The molecular formula is C20H25N3OS2. The number of nitrogens with zero attached hydrogens (tertiary/aromatic N) is 3. The first-order chi connectivity index (χ1) is 12.7. The van der Waals surface area contributed by atoms with Crippen LogP contribution in [0, 0.1) is 11.8 Å². The molecule has 1 aromatic carbocycles. The maximum atomic E-state index is 5.74. The SMILES string of the molecule is Cn1ccnc1SC1C[C@@H]2CN(Sc3ccc4c(c3)CCCO4)C[C@@H]2C1. The maximum absolute atomic E-state index is 5.74. The van der Waals surface area contributed by atoms with Crippen molar-refractivity contribution in [1.29, 1.82) is 0 Å². The minimum Gasteiger partial charge on any atom is -0.493 e. The highest BCUT2D eigenvalue weighted by Crippen LogP contribution is 2.47. The van der Waals surface area contributed by atoms with Crippen LogP contribution in [0.1, 0.15) is 24.8 Å². The monoisotopic (exact) mass is 387 g/mol. The van der Waals surface area contributed by atoms with Crippen LogP contribution in [0.3, 0.4) is 0 Å². The number of rotatable bonds is 4. The summed E-state index contributed by atoms with van der Waals surface area (Å²) in [5, 5.41) is 1.90. The lowest BCUT2D eigenvalue weighted by atomic mass is 10.0. The van der Waals surface area contributed by atoms with Crippen LogP contribution in [0.15, 0.2) is 40.6 Å². The van der Waals surface area contributed by atoms with Gasteiger partial charge in [0.2, 0.25) is 0 Å². The Bertz CT molecular complexity index is 779. The number of hydrogen-bond acceptors (Lipinski definition) is 5. The van der Waals surface area contributed by atoms with E-state index in [2.05, 4.69) is 39.1 Å². The lowest BCUT2D eigenvalue weighted by molar-refractivity contribution is 0.288. The Labute approximate surface area is 163 Å². The van der Waals surface area contributed by atoms with Crippen LogP contribution in [0.2, 0.25) is 0 Å². The molecule has 3 aliphatic rings. The van der Waals surface area contributed by atoms with E-state index in [0.717, 1.165) is 47.4 Å². The topological polar surface area (TPSA) is 30.3 Å². The number of ether oxygens (including phenoxy) is 1. The first-order valence-electron chi connectivity index (χ1n) is 9.57. The molecule has 1 saturated heterocycles. The predicted octanol–water partition coefficient (Wildman–Crippen LogP) is 4.25. The van der Waals surface area contributed by atoms with Crippen molar-refractivity contribution in [3.05, 3.63) is 36.2 Å². The smallest absolute Gasteiger partial charge is 0.167 e. The zero-order valence-corrected chi connectivity index (χ0v) is 16.8. The zero-order valence-electron chi connectivity index (χ0n) is 15.1.